The van der Waals surface area contributed by atoms with Gasteiger partial charge < -0.3 is 14.6 Å². The van der Waals surface area contributed by atoms with E-state index in [4.69, 9.17) is 19.8 Å². The molecule has 1 N–H and O–H groups in total. The second-order valence-corrected chi connectivity index (χ2v) is 2.02. The fraction of sp³-hybridized carbons (Fsp3) is 0.500. The van der Waals surface area contributed by atoms with E-state index in [2.05, 4.69) is 0 Å². The van der Waals surface area contributed by atoms with Gasteiger partial charge in [0.2, 0.25) is 0 Å². The molecule has 0 aliphatic rings. The van der Waals surface area contributed by atoms with Gasteiger partial charge in [0.1, 0.15) is 18.9 Å². The lowest BCUT2D eigenvalue weighted by molar-refractivity contribution is -0.132. The quantitative estimate of drug-likeness (QED) is 0.282. The van der Waals surface area contributed by atoms with Gasteiger partial charge in [0, 0.05) is 6.61 Å². The Bertz CT molecular complexity index is 229. The molecule has 0 fully saturated rings. The molecule has 0 aromatic heterocycles. The van der Waals surface area contributed by atoms with Gasteiger partial charge in [-0.2, -0.15) is 5.26 Å². The first kappa shape index (κ1) is 11.5. The van der Waals surface area contributed by atoms with Crippen LogP contribution in [-0.2, 0) is 14.3 Å². The van der Waals surface area contributed by atoms with Gasteiger partial charge in [-0.05, 0) is 6.92 Å². The van der Waals surface area contributed by atoms with Crippen LogP contribution in [0.3, 0.4) is 0 Å². The molecule has 0 amide bonds. The summed E-state index contributed by atoms with van der Waals surface area (Å²) in [6, 6.07) is 1.49. The zero-order valence-corrected chi connectivity index (χ0v) is 7.32. The number of carbonyl (C=O) groups is 1. The monoisotopic (exact) mass is 185 g/mol. The number of hydrogen-bond acceptors (Lipinski definition) is 4. The molecular formula is C8H11NO4. The number of carboxylic acid groups (broad SMARTS) is 1. The average Bonchev–Trinajstić information content (AvgIpc) is 2.10. The van der Waals surface area contributed by atoms with Gasteiger partial charge in [-0.1, -0.05) is 0 Å². The molecule has 0 atom stereocenters. The number of ether oxygens (including phenoxy) is 2. The van der Waals surface area contributed by atoms with Crippen molar-refractivity contribution in [3.8, 4) is 6.07 Å². The molecule has 5 nitrogen and oxygen atoms in total. The minimum atomic E-state index is -1.29. The summed E-state index contributed by atoms with van der Waals surface area (Å²) >= 11 is 0. The molecule has 0 rings (SSSR count). The first-order valence-corrected chi connectivity index (χ1v) is 3.75. The van der Waals surface area contributed by atoms with Crippen molar-refractivity contribution < 1.29 is 19.4 Å². The molecule has 0 unspecified atom stereocenters. The normalized spacial score (nSPS) is 10.6. The Morgan fingerprint density at radius 3 is 2.77 bits per heavy atom. The molecule has 0 aromatic carbocycles. The van der Waals surface area contributed by atoms with Crippen LogP contribution in [0.4, 0.5) is 0 Å². The summed E-state index contributed by atoms with van der Waals surface area (Å²) in [5, 5.41) is 16.7. The Hall–Kier alpha value is -1.54. The number of rotatable bonds is 6. The highest BCUT2D eigenvalue weighted by Crippen LogP contribution is 1.92. The van der Waals surface area contributed by atoms with E-state index in [-0.39, 0.29) is 6.61 Å². The molecule has 0 spiro atoms. The molecule has 0 radical (unpaired) electrons. The summed E-state index contributed by atoms with van der Waals surface area (Å²) in [7, 11) is 0. The number of nitrogens with zero attached hydrogens (tertiary/aromatic N) is 1. The topological polar surface area (TPSA) is 79.5 Å². The van der Waals surface area contributed by atoms with E-state index >= 15 is 0 Å². The Kier molecular flexibility index (Phi) is 6.28. The number of carboxylic acids is 1. The lowest BCUT2D eigenvalue weighted by atomic mass is 10.3. The molecule has 0 saturated heterocycles. The van der Waals surface area contributed by atoms with Crippen LogP contribution in [0.1, 0.15) is 6.92 Å². The van der Waals surface area contributed by atoms with E-state index in [1.807, 2.05) is 6.92 Å². The van der Waals surface area contributed by atoms with Gasteiger partial charge in [0.25, 0.3) is 0 Å². The molecule has 0 bridgehead atoms. The molecule has 13 heavy (non-hydrogen) atoms. The largest absolute Gasteiger partial charge is 0.497 e. The van der Waals surface area contributed by atoms with Gasteiger partial charge in [-0.15, -0.1) is 0 Å². The maximum Gasteiger partial charge on any atom is 0.349 e. The summed E-state index contributed by atoms with van der Waals surface area (Å²) in [4.78, 5) is 10.2. The third kappa shape index (κ3) is 5.70. The first-order chi connectivity index (χ1) is 6.22. The van der Waals surface area contributed by atoms with Crippen LogP contribution in [0, 0.1) is 11.3 Å². The SMILES string of the molecule is CCOCCOC=C(C#N)C(=O)O. The smallest absolute Gasteiger partial charge is 0.349 e. The molecule has 0 saturated carbocycles. The number of aliphatic carboxylic acids is 1. The van der Waals surface area contributed by atoms with Crippen LogP contribution >= 0.6 is 0 Å². The van der Waals surface area contributed by atoms with Crippen LogP contribution in [0.15, 0.2) is 11.8 Å². The highest BCUT2D eigenvalue weighted by molar-refractivity contribution is 5.90. The van der Waals surface area contributed by atoms with Crippen molar-refractivity contribution in [2.75, 3.05) is 19.8 Å². The minimum absolute atomic E-state index is 0.242. The molecule has 0 aromatic rings. The number of nitriles is 1. The zero-order chi connectivity index (χ0) is 10.1. The summed E-state index contributed by atoms with van der Waals surface area (Å²) in [6.07, 6.45) is 0.918. The van der Waals surface area contributed by atoms with Crippen LogP contribution in [0.5, 0.6) is 0 Å². The highest BCUT2D eigenvalue weighted by Gasteiger charge is 2.04. The Labute approximate surface area is 76.2 Å². The fourth-order valence-corrected chi connectivity index (χ4v) is 0.518. The summed E-state index contributed by atoms with van der Waals surface area (Å²) in [6.45, 7) is 3.04. The third-order valence-corrected chi connectivity index (χ3v) is 1.10. The van der Waals surface area contributed by atoms with Crippen molar-refractivity contribution in [1.82, 2.24) is 0 Å². The molecule has 0 aliphatic heterocycles. The van der Waals surface area contributed by atoms with Gasteiger partial charge in [-0.25, -0.2) is 4.79 Å². The Morgan fingerprint density at radius 2 is 2.31 bits per heavy atom. The molecule has 0 aliphatic carbocycles. The maximum atomic E-state index is 10.2. The van der Waals surface area contributed by atoms with Gasteiger partial charge in [-0.3, -0.25) is 0 Å². The predicted molar refractivity (Wildman–Crippen MR) is 43.8 cm³/mol. The van der Waals surface area contributed by atoms with Crippen LogP contribution in [0.2, 0.25) is 0 Å². The van der Waals surface area contributed by atoms with Crippen molar-refractivity contribution in [1.29, 1.82) is 5.26 Å². The molecule has 72 valence electrons. The second kappa shape index (κ2) is 7.13. The second-order valence-electron chi connectivity index (χ2n) is 2.02. The number of hydrogen-bond donors (Lipinski definition) is 1. The Morgan fingerprint density at radius 1 is 1.62 bits per heavy atom. The lowest BCUT2D eigenvalue weighted by Gasteiger charge is -2.00. The zero-order valence-electron chi connectivity index (χ0n) is 7.32. The van der Waals surface area contributed by atoms with Crippen molar-refractivity contribution in [3.05, 3.63) is 11.8 Å². The molecular weight excluding hydrogens is 174 g/mol. The van der Waals surface area contributed by atoms with Gasteiger partial charge in [0.15, 0.2) is 5.57 Å². The van der Waals surface area contributed by atoms with E-state index < -0.39 is 11.5 Å². The van der Waals surface area contributed by atoms with E-state index in [9.17, 15) is 4.79 Å². The van der Waals surface area contributed by atoms with Crippen LogP contribution in [0.25, 0.3) is 0 Å². The van der Waals surface area contributed by atoms with E-state index in [1.165, 1.54) is 6.07 Å². The van der Waals surface area contributed by atoms with Crippen molar-refractivity contribution >= 4 is 5.97 Å². The molecule has 0 heterocycles. The average molecular weight is 185 g/mol. The summed E-state index contributed by atoms with van der Waals surface area (Å²) < 4.78 is 9.68. The van der Waals surface area contributed by atoms with Crippen molar-refractivity contribution in [2.24, 2.45) is 0 Å². The van der Waals surface area contributed by atoms with Crippen molar-refractivity contribution in [2.45, 2.75) is 6.92 Å². The van der Waals surface area contributed by atoms with E-state index in [0.717, 1.165) is 6.26 Å². The van der Waals surface area contributed by atoms with Gasteiger partial charge >= 0.3 is 5.97 Å². The minimum Gasteiger partial charge on any atom is -0.497 e. The van der Waals surface area contributed by atoms with Gasteiger partial charge in [0.05, 0.1) is 6.61 Å². The Balaban J connectivity index is 3.70. The van der Waals surface area contributed by atoms with E-state index in [0.29, 0.717) is 13.2 Å². The maximum absolute atomic E-state index is 10.2. The molecule has 5 heteroatoms. The standard InChI is InChI=1S/C8H11NO4/c1-2-12-3-4-13-6-7(5-9)8(10)11/h6H,2-4H2,1H3,(H,10,11). The van der Waals surface area contributed by atoms with Crippen LogP contribution in [-0.4, -0.2) is 30.9 Å². The fourth-order valence-electron chi connectivity index (χ4n) is 0.518. The summed E-state index contributed by atoms with van der Waals surface area (Å²) in [5.74, 6) is -1.29. The van der Waals surface area contributed by atoms with E-state index in [1.54, 1.807) is 0 Å². The predicted octanol–water partition coefficient (Wildman–Crippen LogP) is 0.532. The van der Waals surface area contributed by atoms with Crippen LogP contribution < -0.4 is 0 Å². The highest BCUT2D eigenvalue weighted by atomic mass is 16.5. The third-order valence-electron chi connectivity index (χ3n) is 1.10. The van der Waals surface area contributed by atoms with Crippen molar-refractivity contribution in [3.63, 3.8) is 0 Å². The first-order valence-electron chi connectivity index (χ1n) is 3.75. The lowest BCUT2D eigenvalue weighted by Crippen LogP contribution is -2.03. The summed E-state index contributed by atoms with van der Waals surface area (Å²) in [5.41, 5.74) is -0.420.